The minimum Gasteiger partial charge on any atom is -0.493 e. The minimum atomic E-state index is -0.887. The van der Waals surface area contributed by atoms with Gasteiger partial charge in [0.25, 0.3) is 5.91 Å². The first-order valence-electron chi connectivity index (χ1n) is 6.57. The van der Waals surface area contributed by atoms with Gasteiger partial charge in [-0.05, 0) is 19.1 Å². The summed E-state index contributed by atoms with van der Waals surface area (Å²) >= 11 is 0. The van der Waals surface area contributed by atoms with E-state index in [-0.39, 0.29) is 11.5 Å². The van der Waals surface area contributed by atoms with Crippen molar-refractivity contribution in [2.45, 2.75) is 13.0 Å². The Hall–Kier alpha value is -2.44. The van der Waals surface area contributed by atoms with Gasteiger partial charge < -0.3 is 23.8 Å². The lowest BCUT2D eigenvalue weighted by Gasteiger charge is -2.18. The van der Waals surface area contributed by atoms with Gasteiger partial charge in [-0.1, -0.05) is 0 Å². The lowest BCUT2D eigenvalue weighted by atomic mass is 10.2. The molecule has 0 fully saturated rings. The quantitative estimate of drug-likeness (QED) is 0.738. The number of carbonyl (C=O) groups excluding carboxylic acids is 2. The van der Waals surface area contributed by atoms with Crippen LogP contribution in [0.4, 0.5) is 0 Å². The molecule has 0 aliphatic heterocycles. The largest absolute Gasteiger partial charge is 0.493 e. The highest BCUT2D eigenvalue weighted by Crippen LogP contribution is 2.38. The summed E-state index contributed by atoms with van der Waals surface area (Å²) < 4.78 is 20.7. The molecule has 1 aromatic rings. The maximum Gasteiger partial charge on any atom is 0.339 e. The van der Waals surface area contributed by atoms with Gasteiger partial charge in [-0.15, -0.1) is 0 Å². The lowest BCUT2D eigenvalue weighted by Crippen LogP contribution is -2.34. The molecule has 0 saturated heterocycles. The van der Waals surface area contributed by atoms with Crippen LogP contribution in [0.2, 0.25) is 0 Å². The molecule has 0 unspecified atom stereocenters. The van der Waals surface area contributed by atoms with Crippen molar-refractivity contribution >= 4 is 11.9 Å². The Morgan fingerprint density at radius 1 is 1.00 bits per heavy atom. The van der Waals surface area contributed by atoms with E-state index in [1.165, 1.54) is 45.3 Å². The molecule has 0 aliphatic rings. The van der Waals surface area contributed by atoms with Crippen molar-refractivity contribution < 1.29 is 28.5 Å². The molecular weight excluding hydrogens is 290 g/mol. The molecule has 0 heterocycles. The first-order valence-corrected chi connectivity index (χ1v) is 6.57. The zero-order chi connectivity index (χ0) is 16.9. The zero-order valence-electron chi connectivity index (χ0n) is 13.6. The summed E-state index contributed by atoms with van der Waals surface area (Å²) in [6.45, 7) is 1.51. The molecule has 22 heavy (non-hydrogen) atoms. The number of methoxy groups -OCH3 is 3. The van der Waals surface area contributed by atoms with Crippen LogP contribution in [-0.4, -0.2) is 58.3 Å². The number of hydrogen-bond acceptors (Lipinski definition) is 6. The van der Waals surface area contributed by atoms with Crippen molar-refractivity contribution in [1.82, 2.24) is 4.90 Å². The summed E-state index contributed by atoms with van der Waals surface area (Å²) in [5, 5.41) is 0. The van der Waals surface area contributed by atoms with Gasteiger partial charge in [0, 0.05) is 14.1 Å². The van der Waals surface area contributed by atoms with Gasteiger partial charge in [-0.3, -0.25) is 4.79 Å². The van der Waals surface area contributed by atoms with Crippen molar-refractivity contribution in [2.75, 3.05) is 35.4 Å². The van der Waals surface area contributed by atoms with E-state index >= 15 is 0 Å². The van der Waals surface area contributed by atoms with E-state index in [4.69, 9.17) is 18.9 Å². The molecule has 0 bridgehead atoms. The van der Waals surface area contributed by atoms with Gasteiger partial charge in [-0.2, -0.15) is 0 Å². The highest BCUT2D eigenvalue weighted by atomic mass is 16.6. The number of esters is 1. The van der Waals surface area contributed by atoms with Crippen molar-refractivity contribution in [3.05, 3.63) is 17.7 Å². The number of benzene rings is 1. The predicted octanol–water partition coefficient (Wildman–Crippen LogP) is 1.35. The Morgan fingerprint density at radius 2 is 1.50 bits per heavy atom. The van der Waals surface area contributed by atoms with E-state index in [0.29, 0.717) is 17.2 Å². The van der Waals surface area contributed by atoms with Crippen LogP contribution in [0.1, 0.15) is 17.3 Å². The monoisotopic (exact) mass is 311 g/mol. The Morgan fingerprint density at radius 3 is 1.86 bits per heavy atom. The molecule has 7 heteroatoms. The number of nitrogens with zero attached hydrogens (tertiary/aromatic N) is 1. The molecule has 122 valence electrons. The topological polar surface area (TPSA) is 74.3 Å². The molecule has 1 aromatic carbocycles. The third kappa shape index (κ3) is 3.81. The first kappa shape index (κ1) is 17.6. The molecule has 0 saturated carbocycles. The van der Waals surface area contributed by atoms with Crippen LogP contribution in [0.15, 0.2) is 12.1 Å². The van der Waals surface area contributed by atoms with E-state index in [1.807, 2.05) is 0 Å². The fraction of sp³-hybridized carbons (Fsp3) is 0.467. The van der Waals surface area contributed by atoms with Crippen LogP contribution in [0.25, 0.3) is 0 Å². The smallest absolute Gasteiger partial charge is 0.339 e. The van der Waals surface area contributed by atoms with E-state index in [2.05, 4.69) is 0 Å². The Bertz CT molecular complexity index is 530. The van der Waals surface area contributed by atoms with Crippen LogP contribution in [0.5, 0.6) is 17.2 Å². The normalized spacial score (nSPS) is 11.4. The van der Waals surface area contributed by atoms with Gasteiger partial charge in [0.1, 0.15) is 0 Å². The molecular formula is C15H21NO6. The number of likely N-dealkylation sites (N-methyl/N-ethyl adjacent to an activating group) is 1. The highest BCUT2D eigenvalue weighted by Gasteiger charge is 2.23. The van der Waals surface area contributed by atoms with Crippen molar-refractivity contribution in [1.29, 1.82) is 0 Å². The van der Waals surface area contributed by atoms with E-state index < -0.39 is 12.1 Å². The molecule has 1 rings (SSSR count). The highest BCUT2D eigenvalue weighted by molar-refractivity contribution is 5.93. The molecule has 0 aromatic heterocycles. The summed E-state index contributed by atoms with van der Waals surface area (Å²) in [5.41, 5.74) is 0.202. The molecule has 1 atom stereocenters. The number of amides is 1. The number of carbonyl (C=O) groups is 2. The van der Waals surface area contributed by atoms with Crippen molar-refractivity contribution in [2.24, 2.45) is 0 Å². The van der Waals surface area contributed by atoms with Crippen LogP contribution in [0.3, 0.4) is 0 Å². The molecule has 0 radical (unpaired) electrons. The second-order valence-electron chi connectivity index (χ2n) is 4.69. The van der Waals surface area contributed by atoms with Crippen LogP contribution < -0.4 is 14.2 Å². The van der Waals surface area contributed by atoms with Gasteiger partial charge in [0.15, 0.2) is 17.6 Å². The fourth-order valence-corrected chi connectivity index (χ4v) is 1.84. The molecule has 0 spiro atoms. The Kier molecular flexibility index (Phi) is 6.03. The van der Waals surface area contributed by atoms with Gasteiger partial charge in [0.05, 0.1) is 26.9 Å². The maximum atomic E-state index is 12.2. The van der Waals surface area contributed by atoms with Crippen LogP contribution in [-0.2, 0) is 9.53 Å². The number of rotatable bonds is 6. The van der Waals surface area contributed by atoms with Crippen molar-refractivity contribution in [3.8, 4) is 17.2 Å². The summed E-state index contributed by atoms with van der Waals surface area (Å²) in [7, 11) is 7.55. The second-order valence-corrected chi connectivity index (χ2v) is 4.69. The van der Waals surface area contributed by atoms with E-state index in [9.17, 15) is 9.59 Å². The van der Waals surface area contributed by atoms with Gasteiger partial charge >= 0.3 is 5.97 Å². The Labute approximate surface area is 129 Å². The SMILES string of the molecule is COc1cc(C(=O)O[C@@H](C)C(=O)N(C)C)cc(OC)c1OC. The third-order valence-electron chi connectivity index (χ3n) is 2.97. The minimum absolute atomic E-state index is 0.202. The van der Waals surface area contributed by atoms with E-state index in [0.717, 1.165) is 0 Å². The lowest BCUT2D eigenvalue weighted by molar-refractivity contribution is -0.137. The summed E-state index contributed by atoms with van der Waals surface area (Å²) in [5.74, 6) is 0.0856. The van der Waals surface area contributed by atoms with Crippen LogP contribution in [0, 0.1) is 0 Å². The van der Waals surface area contributed by atoms with Crippen LogP contribution >= 0.6 is 0 Å². The van der Waals surface area contributed by atoms with E-state index in [1.54, 1.807) is 14.1 Å². The zero-order valence-corrected chi connectivity index (χ0v) is 13.6. The molecule has 7 nitrogen and oxygen atoms in total. The predicted molar refractivity (Wildman–Crippen MR) is 79.7 cm³/mol. The van der Waals surface area contributed by atoms with Gasteiger partial charge in [-0.25, -0.2) is 4.79 Å². The average Bonchev–Trinajstić information content (AvgIpc) is 2.51. The Balaban J connectivity index is 3.06. The average molecular weight is 311 g/mol. The first-order chi connectivity index (χ1) is 10.3. The molecule has 1 amide bonds. The third-order valence-corrected chi connectivity index (χ3v) is 2.97. The summed E-state index contributed by atoms with van der Waals surface area (Å²) in [6, 6.07) is 2.94. The van der Waals surface area contributed by atoms with Crippen molar-refractivity contribution in [3.63, 3.8) is 0 Å². The van der Waals surface area contributed by atoms with Gasteiger partial charge in [0.2, 0.25) is 5.75 Å². The fourth-order valence-electron chi connectivity index (χ4n) is 1.84. The second kappa shape index (κ2) is 7.53. The number of ether oxygens (including phenoxy) is 4. The maximum absolute atomic E-state index is 12.2. The standard InChI is InChI=1S/C15H21NO6/c1-9(14(17)16(2)3)22-15(18)10-7-11(19-4)13(21-6)12(8-10)20-5/h7-9H,1-6H3/t9-/m0/s1. The molecule has 0 N–H and O–H groups in total. The number of hydrogen-bond donors (Lipinski definition) is 0. The molecule has 0 aliphatic carbocycles. The summed E-state index contributed by atoms with van der Waals surface area (Å²) in [6.07, 6.45) is -0.887. The summed E-state index contributed by atoms with van der Waals surface area (Å²) in [4.78, 5) is 25.3.